The van der Waals surface area contributed by atoms with Crippen LogP contribution in [0.3, 0.4) is 0 Å². The van der Waals surface area contributed by atoms with Gasteiger partial charge in [0.1, 0.15) is 6.61 Å². The lowest BCUT2D eigenvalue weighted by molar-refractivity contribution is -0.136. The number of carbonyl (C=O) groups excluding carboxylic acids is 1. The van der Waals surface area contributed by atoms with Crippen molar-refractivity contribution in [2.24, 2.45) is 5.41 Å². The first kappa shape index (κ1) is 12.5. The smallest absolute Gasteiger partial charge is 0.248 e. The standard InChI is InChI=1S/C12H23NO2/c1-4-15-10-11(14)13-8-5-6-12(2,3)7-9-13/h4-10H2,1-3H3. The predicted octanol–water partition coefficient (Wildman–Crippen LogP) is 2.06. The van der Waals surface area contributed by atoms with Crippen molar-refractivity contribution in [3.8, 4) is 0 Å². The van der Waals surface area contributed by atoms with Gasteiger partial charge in [-0.05, 0) is 31.6 Å². The van der Waals surface area contributed by atoms with Crippen LogP contribution in [0, 0.1) is 5.41 Å². The van der Waals surface area contributed by atoms with Gasteiger partial charge in [-0.25, -0.2) is 0 Å². The van der Waals surface area contributed by atoms with Gasteiger partial charge in [-0.15, -0.1) is 0 Å². The van der Waals surface area contributed by atoms with E-state index in [0.29, 0.717) is 12.0 Å². The van der Waals surface area contributed by atoms with E-state index in [2.05, 4.69) is 13.8 Å². The largest absolute Gasteiger partial charge is 0.372 e. The molecule has 0 aromatic heterocycles. The average molecular weight is 213 g/mol. The van der Waals surface area contributed by atoms with E-state index in [1.54, 1.807) is 0 Å². The van der Waals surface area contributed by atoms with Gasteiger partial charge in [-0.1, -0.05) is 13.8 Å². The number of amides is 1. The molecule has 88 valence electrons. The molecule has 0 aromatic carbocycles. The van der Waals surface area contributed by atoms with Crippen molar-refractivity contribution in [2.75, 3.05) is 26.3 Å². The van der Waals surface area contributed by atoms with Gasteiger partial charge in [-0.3, -0.25) is 4.79 Å². The van der Waals surface area contributed by atoms with Crippen molar-refractivity contribution < 1.29 is 9.53 Å². The van der Waals surface area contributed by atoms with Crippen LogP contribution in [-0.2, 0) is 9.53 Å². The number of likely N-dealkylation sites (tertiary alicyclic amines) is 1. The molecule has 1 aliphatic rings. The molecule has 1 heterocycles. The first-order valence-electron chi connectivity index (χ1n) is 5.91. The Kier molecular flexibility index (Phi) is 4.58. The lowest BCUT2D eigenvalue weighted by atomic mass is 9.85. The fourth-order valence-corrected chi connectivity index (χ4v) is 1.95. The second-order valence-electron chi connectivity index (χ2n) is 5.04. The van der Waals surface area contributed by atoms with E-state index in [1.807, 2.05) is 11.8 Å². The zero-order valence-corrected chi connectivity index (χ0v) is 10.2. The number of hydrogen-bond acceptors (Lipinski definition) is 2. The SMILES string of the molecule is CCOCC(=O)N1CCCC(C)(C)CC1. The van der Waals surface area contributed by atoms with Gasteiger partial charge in [-0.2, -0.15) is 0 Å². The molecule has 1 amide bonds. The normalized spacial score (nSPS) is 21.1. The molecular weight excluding hydrogens is 190 g/mol. The van der Waals surface area contributed by atoms with Crippen molar-refractivity contribution in [2.45, 2.75) is 40.0 Å². The molecule has 0 saturated carbocycles. The van der Waals surface area contributed by atoms with Crippen LogP contribution in [0.4, 0.5) is 0 Å². The first-order chi connectivity index (χ1) is 7.05. The van der Waals surface area contributed by atoms with Crippen molar-refractivity contribution in [3.63, 3.8) is 0 Å². The summed E-state index contributed by atoms with van der Waals surface area (Å²) in [7, 11) is 0. The maximum Gasteiger partial charge on any atom is 0.248 e. The zero-order valence-electron chi connectivity index (χ0n) is 10.2. The molecule has 0 spiro atoms. The van der Waals surface area contributed by atoms with E-state index >= 15 is 0 Å². The summed E-state index contributed by atoms with van der Waals surface area (Å²) in [6, 6.07) is 0. The Morgan fingerprint density at radius 3 is 2.73 bits per heavy atom. The molecule has 0 atom stereocenters. The molecule has 0 aliphatic carbocycles. The van der Waals surface area contributed by atoms with E-state index in [1.165, 1.54) is 6.42 Å². The number of nitrogens with zero attached hydrogens (tertiary/aromatic N) is 1. The number of carbonyl (C=O) groups is 1. The summed E-state index contributed by atoms with van der Waals surface area (Å²) in [6.07, 6.45) is 3.43. The molecule has 3 heteroatoms. The van der Waals surface area contributed by atoms with Crippen LogP contribution >= 0.6 is 0 Å². The fourth-order valence-electron chi connectivity index (χ4n) is 1.95. The number of rotatable bonds is 3. The summed E-state index contributed by atoms with van der Waals surface area (Å²) in [4.78, 5) is 13.7. The molecule has 0 bridgehead atoms. The van der Waals surface area contributed by atoms with Crippen molar-refractivity contribution >= 4 is 5.91 Å². The van der Waals surface area contributed by atoms with Gasteiger partial charge in [0.05, 0.1) is 0 Å². The second-order valence-corrected chi connectivity index (χ2v) is 5.04. The third-order valence-corrected chi connectivity index (χ3v) is 3.12. The summed E-state index contributed by atoms with van der Waals surface area (Å²) in [5.41, 5.74) is 0.390. The summed E-state index contributed by atoms with van der Waals surface area (Å²) >= 11 is 0. The van der Waals surface area contributed by atoms with Gasteiger partial charge >= 0.3 is 0 Å². The molecule has 0 aromatic rings. The lowest BCUT2D eigenvalue weighted by Crippen LogP contribution is -2.35. The van der Waals surface area contributed by atoms with Crippen LogP contribution in [0.1, 0.15) is 40.0 Å². The molecular formula is C12H23NO2. The van der Waals surface area contributed by atoms with E-state index < -0.39 is 0 Å². The highest BCUT2D eigenvalue weighted by Crippen LogP contribution is 2.29. The van der Waals surface area contributed by atoms with Crippen molar-refractivity contribution in [3.05, 3.63) is 0 Å². The van der Waals surface area contributed by atoms with E-state index in [4.69, 9.17) is 4.74 Å². The Balaban J connectivity index is 2.40. The molecule has 0 radical (unpaired) electrons. The van der Waals surface area contributed by atoms with Gasteiger partial charge in [0.2, 0.25) is 5.91 Å². The Labute approximate surface area is 92.8 Å². The summed E-state index contributed by atoms with van der Waals surface area (Å²) in [5.74, 6) is 0.148. The number of ether oxygens (including phenoxy) is 1. The van der Waals surface area contributed by atoms with E-state index in [9.17, 15) is 4.79 Å². The highest BCUT2D eigenvalue weighted by molar-refractivity contribution is 5.77. The third-order valence-electron chi connectivity index (χ3n) is 3.12. The lowest BCUT2D eigenvalue weighted by Gasteiger charge is -2.23. The predicted molar refractivity (Wildman–Crippen MR) is 60.7 cm³/mol. The first-order valence-corrected chi connectivity index (χ1v) is 5.91. The highest BCUT2D eigenvalue weighted by atomic mass is 16.5. The Bertz CT molecular complexity index is 214. The van der Waals surface area contributed by atoms with E-state index in [0.717, 1.165) is 25.9 Å². The van der Waals surface area contributed by atoms with Crippen LogP contribution in [-0.4, -0.2) is 37.1 Å². The molecule has 1 fully saturated rings. The topological polar surface area (TPSA) is 29.5 Å². The number of hydrogen-bond donors (Lipinski definition) is 0. The Hall–Kier alpha value is -0.570. The minimum absolute atomic E-state index is 0.148. The monoisotopic (exact) mass is 213 g/mol. The summed E-state index contributed by atoms with van der Waals surface area (Å²) in [5, 5.41) is 0. The molecule has 3 nitrogen and oxygen atoms in total. The zero-order chi connectivity index (χ0) is 11.3. The molecule has 0 N–H and O–H groups in total. The maximum atomic E-state index is 11.7. The molecule has 1 saturated heterocycles. The van der Waals surface area contributed by atoms with Crippen molar-refractivity contribution in [1.29, 1.82) is 0 Å². The van der Waals surface area contributed by atoms with E-state index in [-0.39, 0.29) is 12.5 Å². The molecule has 1 aliphatic heterocycles. The van der Waals surface area contributed by atoms with Crippen LogP contribution in [0.5, 0.6) is 0 Å². The molecule has 0 unspecified atom stereocenters. The second kappa shape index (κ2) is 5.50. The quantitative estimate of drug-likeness (QED) is 0.718. The van der Waals surface area contributed by atoms with Crippen LogP contribution in [0.15, 0.2) is 0 Å². The van der Waals surface area contributed by atoms with Gasteiger partial charge in [0.25, 0.3) is 0 Å². The minimum atomic E-state index is 0.148. The minimum Gasteiger partial charge on any atom is -0.372 e. The fraction of sp³-hybridized carbons (Fsp3) is 0.917. The Morgan fingerprint density at radius 2 is 2.07 bits per heavy atom. The Morgan fingerprint density at radius 1 is 1.33 bits per heavy atom. The van der Waals surface area contributed by atoms with Crippen LogP contribution in [0.25, 0.3) is 0 Å². The van der Waals surface area contributed by atoms with Crippen LogP contribution in [0.2, 0.25) is 0 Å². The molecule has 15 heavy (non-hydrogen) atoms. The van der Waals surface area contributed by atoms with Crippen LogP contribution < -0.4 is 0 Å². The molecule has 1 rings (SSSR count). The maximum absolute atomic E-state index is 11.7. The summed E-state index contributed by atoms with van der Waals surface area (Å²) < 4.78 is 5.15. The van der Waals surface area contributed by atoms with Gasteiger partial charge in [0.15, 0.2) is 0 Å². The highest BCUT2D eigenvalue weighted by Gasteiger charge is 2.25. The average Bonchev–Trinajstić information content (AvgIpc) is 2.36. The van der Waals surface area contributed by atoms with Gasteiger partial charge in [0, 0.05) is 19.7 Å². The third kappa shape index (κ3) is 4.20. The van der Waals surface area contributed by atoms with Crippen molar-refractivity contribution in [1.82, 2.24) is 4.90 Å². The summed E-state index contributed by atoms with van der Waals surface area (Å²) in [6.45, 7) is 9.13. The van der Waals surface area contributed by atoms with Gasteiger partial charge < -0.3 is 9.64 Å².